The first-order chi connectivity index (χ1) is 19.7. The van der Waals surface area contributed by atoms with Gasteiger partial charge >= 0.3 is 12.3 Å². The maximum atomic E-state index is 13.7. The first-order valence-electron chi connectivity index (χ1n) is 13.5. The average molecular weight is 592 g/mol. The Kier molecular flexibility index (Phi) is 8.67. The van der Waals surface area contributed by atoms with Crippen molar-refractivity contribution in [2.75, 3.05) is 49.1 Å². The normalized spacial score (nSPS) is 16.4. The van der Waals surface area contributed by atoms with E-state index in [1.54, 1.807) is 46.2 Å². The van der Waals surface area contributed by atoms with E-state index >= 15 is 0 Å². The van der Waals surface area contributed by atoms with E-state index in [2.05, 4.69) is 9.97 Å². The summed E-state index contributed by atoms with van der Waals surface area (Å²) in [6.07, 6.45) is -0.835. The summed E-state index contributed by atoms with van der Waals surface area (Å²) in [5.74, 6) is -0.670. The number of alkyl halides is 3. The Balaban J connectivity index is 1.21. The van der Waals surface area contributed by atoms with Crippen molar-refractivity contribution in [2.45, 2.75) is 38.3 Å². The lowest BCUT2D eigenvalue weighted by Crippen LogP contribution is -2.37. The highest BCUT2D eigenvalue weighted by molar-refractivity contribution is 6.32. The van der Waals surface area contributed by atoms with Crippen LogP contribution in [0.15, 0.2) is 47.0 Å². The topological polar surface area (TPSA) is 92.0 Å². The molecule has 0 spiro atoms. The van der Waals surface area contributed by atoms with Gasteiger partial charge in [-0.25, -0.2) is 9.78 Å². The molecule has 9 nitrogen and oxygen atoms in total. The highest BCUT2D eigenvalue weighted by atomic mass is 35.5. The molecule has 0 radical (unpaired) electrons. The van der Waals surface area contributed by atoms with Gasteiger partial charge in [0.1, 0.15) is 5.82 Å². The molecule has 1 amide bonds. The number of halogens is 4. The van der Waals surface area contributed by atoms with Gasteiger partial charge in [-0.1, -0.05) is 29.8 Å². The number of hydrogen-bond acceptors (Lipinski definition) is 8. The number of benzene rings is 1. The number of ketones is 1. The van der Waals surface area contributed by atoms with Gasteiger partial charge in [-0.3, -0.25) is 4.79 Å². The number of aromatic nitrogens is 2. The molecule has 0 N–H and O–H groups in total. The Hall–Kier alpha value is -3.80. The third kappa shape index (κ3) is 6.92. The van der Waals surface area contributed by atoms with Crippen molar-refractivity contribution >= 4 is 35.3 Å². The second-order valence-corrected chi connectivity index (χ2v) is 10.4. The molecule has 218 valence electrons. The van der Waals surface area contributed by atoms with Crippen LogP contribution in [0, 0.1) is 0 Å². The van der Waals surface area contributed by atoms with Crippen LogP contribution >= 0.6 is 11.6 Å². The predicted octanol–water partition coefficient (Wildman–Crippen LogP) is 5.87. The summed E-state index contributed by atoms with van der Waals surface area (Å²) in [4.78, 5) is 38.9. The number of nitrogens with zero attached hydrogens (tertiary/aromatic N) is 5. The molecule has 41 heavy (non-hydrogen) atoms. The summed E-state index contributed by atoms with van der Waals surface area (Å²) in [5.41, 5.74) is -0.850. The molecule has 4 heterocycles. The van der Waals surface area contributed by atoms with E-state index in [1.807, 2.05) is 4.90 Å². The van der Waals surface area contributed by atoms with Crippen LogP contribution in [-0.4, -0.2) is 66.0 Å². The first-order valence-corrected chi connectivity index (χ1v) is 13.8. The molecule has 0 unspecified atom stereocenters. The molecule has 0 bridgehead atoms. The number of para-hydroxylation sites is 1. The lowest BCUT2D eigenvalue weighted by molar-refractivity contribution is -0.141. The Labute approximate surface area is 239 Å². The van der Waals surface area contributed by atoms with Crippen molar-refractivity contribution < 1.29 is 31.9 Å². The second-order valence-electron chi connectivity index (χ2n) is 9.97. The van der Waals surface area contributed by atoms with Gasteiger partial charge in [0.15, 0.2) is 11.4 Å². The molecule has 2 fully saturated rings. The minimum atomic E-state index is -4.81. The van der Waals surface area contributed by atoms with Crippen molar-refractivity contribution in [3.05, 3.63) is 64.6 Å². The van der Waals surface area contributed by atoms with E-state index in [0.29, 0.717) is 67.8 Å². The van der Waals surface area contributed by atoms with E-state index in [1.165, 1.54) is 6.20 Å². The molecule has 2 aliphatic heterocycles. The minimum absolute atomic E-state index is 0.167. The van der Waals surface area contributed by atoms with Crippen molar-refractivity contribution in [1.82, 2.24) is 14.9 Å². The number of Topliss-reactive ketones (excluding diaryl/α,β-unsaturated/α-hetero) is 1. The van der Waals surface area contributed by atoms with E-state index in [4.69, 9.17) is 20.8 Å². The van der Waals surface area contributed by atoms with Gasteiger partial charge in [0.2, 0.25) is 11.5 Å². The largest absolute Gasteiger partial charge is 0.437 e. The zero-order chi connectivity index (χ0) is 29.0. The second kappa shape index (κ2) is 12.4. The van der Waals surface area contributed by atoms with Crippen molar-refractivity contribution in [3.8, 4) is 5.75 Å². The third-order valence-corrected chi connectivity index (χ3v) is 7.36. The summed E-state index contributed by atoms with van der Waals surface area (Å²) in [5, 5.41) is 0.348. The molecule has 0 saturated carbocycles. The summed E-state index contributed by atoms with van der Waals surface area (Å²) in [7, 11) is 0. The smallest absolute Gasteiger partial charge is 0.420 e. The fourth-order valence-corrected chi connectivity index (χ4v) is 5.07. The average Bonchev–Trinajstić information content (AvgIpc) is 3.29. The number of piperidine rings is 1. The molecule has 3 aromatic rings. The quantitative estimate of drug-likeness (QED) is 0.329. The van der Waals surface area contributed by atoms with Crippen molar-refractivity contribution in [2.24, 2.45) is 0 Å². The van der Waals surface area contributed by atoms with Crippen LogP contribution in [0.4, 0.5) is 29.8 Å². The van der Waals surface area contributed by atoms with Crippen LogP contribution < -0.4 is 14.5 Å². The number of carbonyl (C=O) groups excluding carboxylic acids is 2. The van der Waals surface area contributed by atoms with E-state index < -0.39 is 29.5 Å². The fourth-order valence-electron chi connectivity index (χ4n) is 4.90. The Morgan fingerprint density at radius 2 is 1.68 bits per heavy atom. The van der Waals surface area contributed by atoms with Crippen molar-refractivity contribution in [3.63, 3.8) is 0 Å². The molecule has 2 saturated heterocycles. The SMILES string of the molecule is O=C(Cc1ccc(N2CCCN(C(=O)Oc3ccccc3Cl)CC2)nc1)c1oc(N2CCCCC2)nc1C(F)(F)F. The maximum Gasteiger partial charge on any atom is 0.437 e. The number of rotatable bonds is 6. The molecule has 0 aliphatic carbocycles. The molecule has 0 atom stereocenters. The van der Waals surface area contributed by atoms with Crippen LogP contribution in [0.1, 0.15) is 47.5 Å². The number of carbonyl (C=O) groups is 2. The third-order valence-electron chi connectivity index (χ3n) is 7.05. The number of anilines is 2. The zero-order valence-electron chi connectivity index (χ0n) is 22.2. The Morgan fingerprint density at radius 3 is 2.39 bits per heavy atom. The highest BCUT2D eigenvalue weighted by Crippen LogP contribution is 2.35. The van der Waals surface area contributed by atoms with E-state index in [9.17, 15) is 22.8 Å². The van der Waals surface area contributed by atoms with Gasteiger partial charge in [0, 0.05) is 51.9 Å². The monoisotopic (exact) mass is 591 g/mol. The van der Waals surface area contributed by atoms with Gasteiger partial charge in [0.05, 0.1) is 5.02 Å². The number of oxazole rings is 1. The van der Waals surface area contributed by atoms with Crippen molar-refractivity contribution in [1.29, 1.82) is 0 Å². The van der Waals surface area contributed by atoms with Gasteiger partial charge < -0.3 is 23.9 Å². The summed E-state index contributed by atoms with van der Waals surface area (Å²) in [6, 6.07) is 9.95. The summed E-state index contributed by atoms with van der Waals surface area (Å²) in [6.45, 7) is 3.09. The molecule has 13 heteroatoms. The molecular formula is C28H29ClF3N5O4. The standard InChI is InChI=1S/C28H29ClF3N5O4/c29-20-7-2-3-8-22(20)40-27(39)37-14-6-13-35(15-16-37)23-10-9-19(18-33-23)17-21(38)24-25(28(30,31)32)34-26(41-24)36-11-4-1-5-12-36/h2-3,7-10,18H,1,4-6,11-17H2. The fraction of sp³-hybridized carbons (Fsp3) is 0.429. The summed E-state index contributed by atoms with van der Waals surface area (Å²) < 4.78 is 51.9. The minimum Gasteiger partial charge on any atom is -0.420 e. The van der Waals surface area contributed by atoms with Gasteiger partial charge in [0.25, 0.3) is 6.01 Å². The first kappa shape index (κ1) is 28.7. The van der Waals surface area contributed by atoms with Crippen LogP contribution in [0.5, 0.6) is 5.75 Å². The zero-order valence-corrected chi connectivity index (χ0v) is 23.0. The van der Waals surface area contributed by atoms with E-state index in [-0.39, 0.29) is 12.4 Å². The highest BCUT2D eigenvalue weighted by Gasteiger charge is 2.41. The Bertz CT molecular complexity index is 1380. The van der Waals surface area contributed by atoms with Crippen LogP contribution in [0.3, 0.4) is 0 Å². The predicted molar refractivity (Wildman–Crippen MR) is 146 cm³/mol. The van der Waals surface area contributed by atoms with Gasteiger partial charge in [-0.15, -0.1) is 0 Å². The number of pyridine rings is 1. The van der Waals surface area contributed by atoms with Gasteiger partial charge in [-0.2, -0.15) is 18.2 Å². The number of hydrogen-bond donors (Lipinski definition) is 0. The number of amides is 1. The number of ether oxygens (including phenoxy) is 1. The molecule has 2 aromatic heterocycles. The molecule has 5 rings (SSSR count). The molecule has 1 aromatic carbocycles. The van der Waals surface area contributed by atoms with Crippen LogP contribution in [0.2, 0.25) is 5.02 Å². The summed E-state index contributed by atoms with van der Waals surface area (Å²) >= 11 is 6.09. The molecular weight excluding hydrogens is 563 g/mol. The lowest BCUT2D eigenvalue weighted by Gasteiger charge is -2.24. The lowest BCUT2D eigenvalue weighted by atomic mass is 10.1. The van der Waals surface area contributed by atoms with Gasteiger partial charge in [-0.05, 0) is 49.4 Å². The Morgan fingerprint density at radius 1 is 0.927 bits per heavy atom. The molecule has 2 aliphatic rings. The maximum absolute atomic E-state index is 13.7. The van der Waals surface area contributed by atoms with Crippen LogP contribution in [0.25, 0.3) is 0 Å². The van der Waals surface area contributed by atoms with E-state index in [0.717, 1.165) is 19.3 Å². The van der Waals surface area contributed by atoms with Crippen LogP contribution in [-0.2, 0) is 12.6 Å².